The maximum Gasteiger partial charge on any atom is 0.260 e. The molecule has 2 aliphatic rings. The monoisotopic (exact) mass is 354 g/mol. The molecule has 1 atom stereocenters. The summed E-state index contributed by atoms with van der Waals surface area (Å²) in [6.07, 6.45) is 9.88. The number of aryl methyl sites for hydroxylation is 1. The largest absolute Gasteiger partial charge is 0.338 e. The van der Waals surface area contributed by atoms with Gasteiger partial charge in [0.2, 0.25) is 0 Å². The van der Waals surface area contributed by atoms with E-state index in [1.165, 1.54) is 19.3 Å². The minimum atomic E-state index is -0.302. The minimum absolute atomic E-state index is 0.173. The van der Waals surface area contributed by atoms with Crippen molar-refractivity contribution in [3.63, 3.8) is 0 Å². The predicted molar refractivity (Wildman–Crippen MR) is 99.2 cm³/mol. The number of amides is 1. The van der Waals surface area contributed by atoms with Crippen molar-refractivity contribution in [2.45, 2.75) is 51.5 Å². The lowest BCUT2D eigenvalue weighted by Crippen LogP contribution is -2.41. The van der Waals surface area contributed by atoms with Gasteiger partial charge in [-0.1, -0.05) is 6.42 Å². The minimum Gasteiger partial charge on any atom is -0.338 e. The summed E-state index contributed by atoms with van der Waals surface area (Å²) in [7, 11) is 0. The lowest BCUT2D eigenvalue weighted by atomic mass is 9.85. The average molecular weight is 354 g/mol. The smallest absolute Gasteiger partial charge is 0.260 e. The van der Waals surface area contributed by atoms with Gasteiger partial charge in [0.05, 0.1) is 0 Å². The third-order valence-corrected chi connectivity index (χ3v) is 5.79. The van der Waals surface area contributed by atoms with Crippen LogP contribution in [0.4, 0.5) is 0 Å². The SMILES string of the molecule is Cc1ccc(C(=O)N2CCCC(c3nccn3CC3CCC3)C2)c(=O)[nH]1. The Morgan fingerprint density at radius 3 is 2.85 bits per heavy atom. The average Bonchev–Trinajstić information content (AvgIpc) is 3.06. The highest BCUT2D eigenvalue weighted by molar-refractivity contribution is 5.93. The van der Waals surface area contributed by atoms with Crippen LogP contribution in [0.3, 0.4) is 0 Å². The number of pyridine rings is 1. The molecule has 3 heterocycles. The molecule has 1 unspecified atom stereocenters. The Balaban J connectivity index is 1.50. The standard InChI is InChI=1S/C20H26N4O2/c1-14-7-8-17(19(25)22-14)20(26)24-10-3-6-16(13-24)18-21-9-11-23(18)12-15-4-2-5-15/h7-9,11,15-16H,2-6,10,12-13H2,1H3,(H,22,25). The normalized spacial score (nSPS) is 20.8. The van der Waals surface area contributed by atoms with Gasteiger partial charge in [-0.2, -0.15) is 0 Å². The number of carbonyl (C=O) groups is 1. The van der Waals surface area contributed by atoms with Crippen molar-refractivity contribution in [3.8, 4) is 0 Å². The molecule has 6 heteroatoms. The first-order valence-corrected chi connectivity index (χ1v) is 9.62. The first-order chi connectivity index (χ1) is 12.6. The molecule has 1 saturated heterocycles. The molecule has 0 radical (unpaired) electrons. The Morgan fingerprint density at radius 2 is 2.12 bits per heavy atom. The summed E-state index contributed by atoms with van der Waals surface area (Å²) in [5, 5.41) is 0. The zero-order valence-electron chi connectivity index (χ0n) is 15.3. The first kappa shape index (κ1) is 17.1. The van der Waals surface area contributed by atoms with Crippen LogP contribution in [0.25, 0.3) is 0 Å². The Labute approximate surface area is 153 Å². The van der Waals surface area contributed by atoms with E-state index in [4.69, 9.17) is 0 Å². The summed E-state index contributed by atoms with van der Waals surface area (Å²) < 4.78 is 2.28. The Kier molecular flexibility index (Phi) is 4.66. The van der Waals surface area contributed by atoms with Gasteiger partial charge in [0.15, 0.2) is 0 Å². The number of piperidine rings is 1. The first-order valence-electron chi connectivity index (χ1n) is 9.62. The molecule has 4 rings (SSSR count). The van der Waals surface area contributed by atoms with E-state index in [9.17, 15) is 9.59 Å². The molecule has 0 bridgehead atoms. The number of likely N-dealkylation sites (tertiary alicyclic amines) is 1. The van der Waals surface area contributed by atoms with Gasteiger partial charge < -0.3 is 14.5 Å². The van der Waals surface area contributed by atoms with E-state index in [1.54, 1.807) is 12.1 Å². The number of H-pyrrole nitrogens is 1. The van der Waals surface area contributed by atoms with Gasteiger partial charge >= 0.3 is 0 Å². The number of imidazole rings is 1. The van der Waals surface area contributed by atoms with Crippen LogP contribution < -0.4 is 5.56 Å². The van der Waals surface area contributed by atoms with E-state index in [1.807, 2.05) is 18.0 Å². The molecule has 26 heavy (non-hydrogen) atoms. The molecule has 0 aromatic carbocycles. The summed E-state index contributed by atoms with van der Waals surface area (Å²) in [4.78, 5) is 34.1. The Morgan fingerprint density at radius 1 is 1.27 bits per heavy atom. The number of aromatic amines is 1. The van der Waals surface area contributed by atoms with Crippen molar-refractivity contribution < 1.29 is 4.79 Å². The van der Waals surface area contributed by atoms with Crippen LogP contribution in [0.1, 0.15) is 59.9 Å². The molecule has 2 aromatic rings. The number of hydrogen-bond acceptors (Lipinski definition) is 3. The fourth-order valence-electron chi connectivity index (χ4n) is 4.07. The van der Waals surface area contributed by atoms with Crippen LogP contribution in [0.2, 0.25) is 0 Å². The molecule has 1 amide bonds. The highest BCUT2D eigenvalue weighted by atomic mass is 16.2. The van der Waals surface area contributed by atoms with Crippen LogP contribution in [0.15, 0.2) is 29.3 Å². The van der Waals surface area contributed by atoms with Gasteiger partial charge in [-0.3, -0.25) is 9.59 Å². The van der Waals surface area contributed by atoms with Gasteiger partial charge in [-0.05, 0) is 50.7 Å². The quantitative estimate of drug-likeness (QED) is 0.918. The van der Waals surface area contributed by atoms with E-state index < -0.39 is 0 Å². The highest BCUT2D eigenvalue weighted by Gasteiger charge is 2.29. The van der Waals surface area contributed by atoms with Crippen LogP contribution >= 0.6 is 0 Å². The van der Waals surface area contributed by atoms with Crippen LogP contribution in [-0.2, 0) is 6.54 Å². The van der Waals surface area contributed by atoms with Gasteiger partial charge in [0.25, 0.3) is 11.5 Å². The molecule has 1 saturated carbocycles. The predicted octanol–water partition coefficient (Wildman–Crippen LogP) is 2.70. The van der Waals surface area contributed by atoms with Crippen molar-refractivity contribution >= 4 is 5.91 Å². The highest BCUT2D eigenvalue weighted by Crippen LogP contribution is 2.31. The summed E-state index contributed by atoms with van der Waals surface area (Å²) >= 11 is 0. The maximum absolute atomic E-state index is 12.8. The summed E-state index contributed by atoms with van der Waals surface area (Å²) in [5.41, 5.74) is 0.693. The second kappa shape index (κ2) is 7.09. The lowest BCUT2D eigenvalue weighted by Gasteiger charge is -2.33. The fraction of sp³-hybridized carbons (Fsp3) is 0.550. The second-order valence-corrected chi connectivity index (χ2v) is 7.71. The van der Waals surface area contributed by atoms with Crippen LogP contribution in [0, 0.1) is 12.8 Å². The zero-order valence-corrected chi connectivity index (χ0v) is 15.3. The van der Waals surface area contributed by atoms with E-state index in [2.05, 4.69) is 20.7 Å². The zero-order chi connectivity index (χ0) is 18.1. The molecule has 2 fully saturated rings. The molecule has 6 nitrogen and oxygen atoms in total. The van der Waals surface area contributed by atoms with Crippen molar-refractivity contribution in [1.82, 2.24) is 19.4 Å². The van der Waals surface area contributed by atoms with Crippen molar-refractivity contribution in [3.05, 3.63) is 52.0 Å². The number of hydrogen-bond donors (Lipinski definition) is 1. The van der Waals surface area contributed by atoms with Crippen LogP contribution in [0.5, 0.6) is 0 Å². The van der Waals surface area contributed by atoms with Crippen molar-refractivity contribution in [2.24, 2.45) is 5.92 Å². The molecular formula is C20H26N4O2. The third-order valence-electron chi connectivity index (χ3n) is 5.79. The molecule has 1 aliphatic carbocycles. The third kappa shape index (κ3) is 3.32. The van der Waals surface area contributed by atoms with E-state index in [-0.39, 0.29) is 22.9 Å². The van der Waals surface area contributed by atoms with Gasteiger partial charge in [-0.15, -0.1) is 0 Å². The van der Waals surface area contributed by atoms with Crippen LogP contribution in [-0.4, -0.2) is 38.4 Å². The summed E-state index contributed by atoms with van der Waals surface area (Å²) in [6, 6.07) is 3.42. The Hall–Kier alpha value is -2.37. The van der Waals surface area contributed by atoms with Crippen molar-refractivity contribution in [2.75, 3.05) is 13.1 Å². The van der Waals surface area contributed by atoms with Crippen molar-refractivity contribution in [1.29, 1.82) is 0 Å². The molecule has 1 aliphatic heterocycles. The number of rotatable bonds is 4. The Bertz CT molecular complexity index is 849. The van der Waals surface area contributed by atoms with E-state index in [0.717, 1.165) is 36.8 Å². The number of aromatic nitrogens is 3. The van der Waals surface area contributed by atoms with Gasteiger partial charge in [-0.25, -0.2) is 4.98 Å². The second-order valence-electron chi connectivity index (χ2n) is 7.71. The summed E-state index contributed by atoms with van der Waals surface area (Å²) in [6.45, 7) is 4.19. The number of nitrogens with one attached hydrogen (secondary N) is 1. The molecular weight excluding hydrogens is 328 g/mol. The lowest BCUT2D eigenvalue weighted by molar-refractivity contribution is 0.0700. The number of nitrogens with zero attached hydrogens (tertiary/aromatic N) is 3. The van der Waals surface area contributed by atoms with Gasteiger partial charge in [0, 0.05) is 43.6 Å². The number of carbonyl (C=O) groups excluding carboxylic acids is 1. The molecule has 138 valence electrons. The topological polar surface area (TPSA) is 71.0 Å². The van der Waals surface area contributed by atoms with E-state index >= 15 is 0 Å². The van der Waals surface area contributed by atoms with Gasteiger partial charge in [0.1, 0.15) is 11.4 Å². The molecule has 1 N–H and O–H groups in total. The van der Waals surface area contributed by atoms with E-state index in [0.29, 0.717) is 13.1 Å². The summed E-state index contributed by atoms with van der Waals surface area (Å²) in [5.74, 6) is 1.93. The fourth-order valence-corrected chi connectivity index (χ4v) is 4.07. The molecule has 2 aromatic heterocycles. The molecule has 0 spiro atoms. The maximum atomic E-state index is 12.8.